The van der Waals surface area contributed by atoms with Gasteiger partial charge in [0.05, 0.1) is 0 Å². The van der Waals surface area contributed by atoms with E-state index in [4.69, 9.17) is 4.52 Å². The number of benzene rings is 2. The second-order valence-electron chi connectivity index (χ2n) is 4.98. The second-order valence-corrected chi connectivity index (χ2v) is 4.98. The minimum absolute atomic E-state index is 0.269. The summed E-state index contributed by atoms with van der Waals surface area (Å²) in [5, 5.41) is 9.50. The summed E-state index contributed by atoms with van der Waals surface area (Å²) in [4.78, 5) is 16.1. The number of aromatic nitrogens is 2. The van der Waals surface area contributed by atoms with Crippen molar-refractivity contribution in [2.45, 2.75) is 0 Å². The monoisotopic (exact) mass is 326 g/mol. The van der Waals surface area contributed by atoms with Crippen LogP contribution < -0.4 is 10.6 Å². The number of hydrogen-bond donors (Lipinski definition) is 2. The van der Waals surface area contributed by atoms with Gasteiger partial charge >= 0.3 is 0 Å². The predicted molar refractivity (Wildman–Crippen MR) is 87.0 cm³/mol. The average Bonchev–Trinajstić information content (AvgIpc) is 3.09. The van der Waals surface area contributed by atoms with Crippen molar-refractivity contribution in [2.75, 3.05) is 18.4 Å². The molecule has 0 aliphatic carbocycles. The highest BCUT2D eigenvalue weighted by atomic mass is 19.1. The Morgan fingerprint density at radius 3 is 2.54 bits per heavy atom. The Bertz CT molecular complexity index is 803. The zero-order valence-electron chi connectivity index (χ0n) is 12.7. The first-order valence-corrected chi connectivity index (χ1v) is 7.39. The van der Waals surface area contributed by atoms with E-state index in [1.165, 1.54) is 24.3 Å². The van der Waals surface area contributed by atoms with Gasteiger partial charge in [-0.3, -0.25) is 4.79 Å². The van der Waals surface area contributed by atoms with Crippen molar-refractivity contribution < 1.29 is 13.7 Å². The summed E-state index contributed by atoms with van der Waals surface area (Å²) in [5.74, 6) is 0.132. The normalized spacial score (nSPS) is 10.4. The highest BCUT2D eigenvalue weighted by Gasteiger charge is 2.08. The molecule has 0 unspecified atom stereocenters. The van der Waals surface area contributed by atoms with E-state index in [1.54, 1.807) is 0 Å². The zero-order chi connectivity index (χ0) is 16.8. The molecule has 0 saturated carbocycles. The number of rotatable bonds is 6. The summed E-state index contributed by atoms with van der Waals surface area (Å²) < 4.78 is 18.0. The molecule has 1 amide bonds. The number of amides is 1. The van der Waals surface area contributed by atoms with Crippen molar-refractivity contribution in [1.82, 2.24) is 15.5 Å². The van der Waals surface area contributed by atoms with Crippen LogP contribution in [0.3, 0.4) is 0 Å². The molecule has 6 nitrogen and oxygen atoms in total. The van der Waals surface area contributed by atoms with Crippen LogP contribution in [0.2, 0.25) is 0 Å². The van der Waals surface area contributed by atoms with Crippen LogP contribution in [0.4, 0.5) is 10.3 Å². The van der Waals surface area contributed by atoms with Gasteiger partial charge in [-0.1, -0.05) is 18.2 Å². The van der Waals surface area contributed by atoms with Crippen molar-refractivity contribution in [2.24, 2.45) is 0 Å². The van der Waals surface area contributed by atoms with Crippen LogP contribution in [0.1, 0.15) is 10.4 Å². The van der Waals surface area contributed by atoms with Gasteiger partial charge in [0.25, 0.3) is 17.7 Å². The summed E-state index contributed by atoms with van der Waals surface area (Å²) >= 11 is 0. The molecule has 2 aromatic carbocycles. The van der Waals surface area contributed by atoms with Crippen LogP contribution in [0.15, 0.2) is 59.1 Å². The first-order chi connectivity index (χ1) is 11.7. The van der Waals surface area contributed by atoms with Gasteiger partial charge in [-0.2, -0.15) is 4.98 Å². The highest BCUT2D eigenvalue weighted by Crippen LogP contribution is 2.17. The van der Waals surface area contributed by atoms with Crippen LogP contribution in [-0.4, -0.2) is 29.1 Å². The standard InChI is InChI=1S/C17H15FN4O2/c18-14-8-6-12(7-9-14)15(23)19-10-11-20-17-21-16(24-22-17)13-4-2-1-3-5-13/h1-9H,10-11H2,(H,19,23)(H,20,22). The lowest BCUT2D eigenvalue weighted by Crippen LogP contribution is -2.28. The molecule has 0 saturated heterocycles. The van der Waals surface area contributed by atoms with Gasteiger partial charge < -0.3 is 15.2 Å². The van der Waals surface area contributed by atoms with Gasteiger partial charge in [0.15, 0.2) is 0 Å². The molecule has 0 spiro atoms. The fourth-order valence-electron chi connectivity index (χ4n) is 2.05. The Hall–Kier alpha value is -3.22. The molecule has 3 rings (SSSR count). The lowest BCUT2D eigenvalue weighted by molar-refractivity contribution is 0.0955. The molecule has 7 heteroatoms. The molecule has 2 N–H and O–H groups in total. The maximum Gasteiger partial charge on any atom is 0.263 e. The van der Waals surface area contributed by atoms with E-state index in [2.05, 4.69) is 20.8 Å². The van der Waals surface area contributed by atoms with Crippen LogP contribution >= 0.6 is 0 Å². The van der Waals surface area contributed by atoms with Gasteiger partial charge in [-0.25, -0.2) is 4.39 Å². The SMILES string of the molecule is O=C(NCCNc1noc(-c2ccccc2)n1)c1ccc(F)cc1. The fraction of sp³-hybridized carbons (Fsp3) is 0.118. The third-order valence-electron chi connectivity index (χ3n) is 3.25. The Balaban J connectivity index is 1.46. The van der Waals surface area contributed by atoms with Gasteiger partial charge in [-0.05, 0) is 41.6 Å². The summed E-state index contributed by atoms with van der Waals surface area (Å²) in [6.45, 7) is 0.798. The summed E-state index contributed by atoms with van der Waals surface area (Å²) in [6.07, 6.45) is 0. The molecule has 0 aliphatic rings. The third kappa shape index (κ3) is 3.95. The number of nitrogens with one attached hydrogen (secondary N) is 2. The Morgan fingerprint density at radius 2 is 1.79 bits per heavy atom. The molecule has 0 aliphatic heterocycles. The Kier molecular flexibility index (Phi) is 4.81. The van der Waals surface area contributed by atoms with E-state index in [-0.39, 0.29) is 11.7 Å². The van der Waals surface area contributed by atoms with Crippen LogP contribution in [-0.2, 0) is 0 Å². The number of nitrogens with zero attached hydrogens (tertiary/aromatic N) is 2. The highest BCUT2D eigenvalue weighted by molar-refractivity contribution is 5.94. The van der Waals surface area contributed by atoms with Crippen LogP contribution in [0.25, 0.3) is 11.5 Å². The molecule has 1 aromatic heterocycles. The maximum absolute atomic E-state index is 12.8. The number of carbonyl (C=O) groups is 1. The largest absolute Gasteiger partial charge is 0.350 e. The lowest BCUT2D eigenvalue weighted by Gasteiger charge is -2.05. The van der Waals surface area contributed by atoms with E-state index < -0.39 is 0 Å². The van der Waals surface area contributed by atoms with Gasteiger partial charge in [0, 0.05) is 24.2 Å². The Morgan fingerprint density at radius 1 is 1.04 bits per heavy atom. The van der Waals surface area contributed by atoms with E-state index in [0.29, 0.717) is 30.5 Å². The summed E-state index contributed by atoms with van der Waals surface area (Å²) in [7, 11) is 0. The minimum atomic E-state index is -0.375. The minimum Gasteiger partial charge on any atom is -0.350 e. The van der Waals surface area contributed by atoms with Crippen molar-refractivity contribution in [3.8, 4) is 11.5 Å². The number of anilines is 1. The molecule has 0 atom stereocenters. The molecule has 24 heavy (non-hydrogen) atoms. The first-order valence-electron chi connectivity index (χ1n) is 7.39. The second kappa shape index (κ2) is 7.36. The Labute approximate surface area is 137 Å². The number of halogens is 1. The summed E-state index contributed by atoms with van der Waals surface area (Å²) in [6, 6.07) is 14.8. The van der Waals surface area contributed by atoms with Crippen molar-refractivity contribution in [3.63, 3.8) is 0 Å². The van der Waals surface area contributed by atoms with E-state index in [9.17, 15) is 9.18 Å². The van der Waals surface area contributed by atoms with Crippen LogP contribution in [0.5, 0.6) is 0 Å². The van der Waals surface area contributed by atoms with Gasteiger partial charge in [0.1, 0.15) is 5.82 Å². The van der Waals surface area contributed by atoms with Gasteiger partial charge in [-0.15, -0.1) is 0 Å². The predicted octanol–water partition coefficient (Wildman–Crippen LogP) is 2.72. The number of carbonyl (C=O) groups excluding carboxylic acids is 1. The van der Waals surface area contributed by atoms with Crippen molar-refractivity contribution >= 4 is 11.9 Å². The third-order valence-corrected chi connectivity index (χ3v) is 3.25. The average molecular weight is 326 g/mol. The van der Waals surface area contributed by atoms with E-state index in [0.717, 1.165) is 5.56 Å². The molecule has 0 radical (unpaired) electrons. The maximum atomic E-state index is 12.8. The van der Waals surface area contributed by atoms with Crippen molar-refractivity contribution in [1.29, 1.82) is 0 Å². The molecule has 122 valence electrons. The molecule has 0 bridgehead atoms. The van der Waals surface area contributed by atoms with E-state index >= 15 is 0 Å². The first kappa shape index (κ1) is 15.7. The molecule has 0 fully saturated rings. The lowest BCUT2D eigenvalue weighted by atomic mass is 10.2. The topological polar surface area (TPSA) is 80.0 Å². The molecule has 1 heterocycles. The molecular formula is C17H15FN4O2. The van der Waals surface area contributed by atoms with E-state index in [1.807, 2.05) is 30.3 Å². The summed E-state index contributed by atoms with van der Waals surface area (Å²) in [5.41, 5.74) is 1.24. The zero-order valence-corrected chi connectivity index (χ0v) is 12.7. The van der Waals surface area contributed by atoms with Gasteiger partial charge in [0.2, 0.25) is 0 Å². The molecule has 3 aromatic rings. The quantitative estimate of drug-likeness (QED) is 0.681. The van der Waals surface area contributed by atoms with Crippen LogP contribution in [0, 0.1) is 5.82 Å². The fourth-order valence-corrected chi connectivity index (χ4v) is 2.05. The smallest absolute Gasteiger partial charge is 0.263 e. The van der Waals surface area contributed by atoms with Crippen molar-refractivity contribution in [3.05, 3.63) is 66.0 Å². The molecular weight excluding hydrogens is 311 g/mol. The number of hydrogen-bond acceptors (Lipinski definition) is 5.